The van der Waals surface area contributed by atoms with E-state index >= 15 is 0 Å². The van der Waals surface area contributed by atoms with Gasteiger partial charge in [0.2, 0.25) is 0 Å². The first-order chi connectivity index (χ1) is 8.24. The van der Waals surface area contributed by atoms with E-state index in [-0.39, 0.29) is 0 Å². The molecule has 0 saturated heterocycles. The van der Waals surface area contributed by atoms with Crippen molar-refractivity contribution < 1.29 is 14.2 Å². The van der Waals surface area contributed by atoms with Crippen LogP contribution in [0, 0.1) is 0 Å². The Labute approximate surface area is 102 Å². The first-order valence-electron chi connectivity index (χ1n) is 5.67. The van der Waals surface area contributed by atoms with Gasteiger partial charge in [-0.1, -0.05) is 6.92 Å². The lowest BCUT2D eigenvalue weighted by molar-refractivity contribution is -0.0599. The first-order valence-corrected chi connectivity index (χ1v) is 5.67. The van der Waals surface area contributed by atoms with Gasteiger partial charge in [0, 0.05) is 18.4 Å². The summed E-state index contributed by atoms with van der Waals surface area (Å²) in [5, 5.41) is 0. The van der Waals surface area contributed by atoms with Crippen LogP contribution in [0.4, 0.5) is 11.4 Å². The van der Waals surface area contributed by atoms with Crippen LogP contribution in [0.15, 0.2) is 18.2 Å². The third kappa shape index (κ3) is 5.42. The maximum Gasteiger partial charge on any atom is 0.146 e. The van der Waals surface area contributed by atoms with Crippen molar-refractivity contribution in [3.63, 3.8) is 0 Å². The molecule has 0 fully saturated rings. The maximum absolute atomic E-state index is 5.72. The van der Waals surface area contributed by atoms with Gasteiger partial charge < -0.3 is 25.7 Å². The molecule has 0 aliphatic rings. The molecule has 5 heteroatoms. The van der Waals surface area contributed by atoms with Crippen LogP contribution in [0.25, 0.3) is 0 Å². The number of hydrogen-bond donors (Lipinski definition) is 2. The number of benzene rings is 1. The standard InChI is InChI=1S/C12H20N2O3/c1-2-5-15-9-16-6-7-17-12-8-10(13)3-4-11(12)14/h3-4,8H,2,5-7,9,13-14H2,1H3. The molecule has 17 heavy (non-hydrogen) atoms. The molecule has 0 bridgehead atoms. The van der Waals surface area contributed by atoms with Crippen molar-refractivity contribution in [2.24, 2.45) is 0 Å². The smallest absolute Gasteiger partial charge is 0.146 e. The molecule has 0 heterocycles. The highest BCUT2D eigenvalue weighted by atomic mass is 16.7. The van der Waals surface area contributed by atoms with Gasteiger partial charge in [-0.15, -0.1) is 0 Å². The van der Waals surface area contributed by atoms with Crippen molar-refractivity contribution in [1.29, 1.82) is 0 Å². The van der Waals surface area contributed by atoms with E-state index in [0.29, 0.717) is 43.7 Å². The van der Waals surface area contributed by atoms with Crippen LogP contribution < -0.4 is 16.2 Å². The van der Waals surface area contributed by atoms with Crippen LogP contribution >= 0.6 is 0 Å². The van der Waals surface area contributed by atoms with Gasteiger partial charge in [0.15, 0.2) is 0 Å². The fourth-order valence-electron chi connectivity index (χ4n) is 1.21. The summed E-state index contributed by atoms with van der Waals surface area (Å²) in [5.41, 5.74) is 12.5. The second-order valence-electron chi connectivity index (χ2n) is 3.58. The van der Waals surface area contributed by atoms with Crippen LogP contribution in [0.1, 0.15) is 13.3 Å². The predicted octanol–water partition coefficient (Wildman–Crippen LogP) is 1.63. The van der Waals surface area contributed by atoms with Crippen LogP contribution in [0.5, 0.6) is 5.75 Å². The zero-order chi connectivity index (χ0) is 12.5. The van der Waals surface area contributed by atoms with Gasteiger partial charge in [-0.25, -0.2) is 0 Å². The maximum atomic E-state index is 5.72. The van der Waals surface area contributed by atoms with E-state index in [2.05, 4.69) is 0 Å². The van der Waals surface area contributed by atoms with Gasteiger partial charge in [0.25, 0.3) is 0 Å². The van der Waals surface area contributed by atoms with E-state index in [4.69, 9.17) is 25.7 Å². The average Bonchev–Trinajstić information content (AvgIpc) is 2.32. The molecular formula is C12H20N2O3. The highest BCUT2D eigenvalue weighted by Crippen LogP contribution is 2.23. The molecule has 0 radical (unpaired) electrons. The third-order valence-corrected chi connectivity index (χ3v) is 2.04. The quantitative estimate of drug-likeness (QED) is 0.410. The van der Waals surface area contributed by atoms with E-state index in [1.54, 1.807) is 18.2 Å². The predicted molar refractivity (Wildman–Crippen MR) is 67.8 cm³/mol. The summed E-state index contributed by atoms with van der Waals surface area (Å²) >= 11 is 0. The van der Waals surface area contributed by atoms with Gasteiger partial charge in [-0.2, -0.15) is 0 Å². The van der Waals surface area contributed by atoms with E-state index < -0.39 is 0 Å². The zero-order valence-corrected chi connectivity index (χ0v) is 10.1. The minimum absolute atomic E-state index is 0.295. The molecular weight excluding hydrogens is 220 g/mol. The largest absolute Gasteiger partial charge is 0.489 e. The molecule has 0 aliphatic heterocycles. The van der Waals surface area contributed by atoms with Gasteiger partial charge in [0.05, 0.1) is 12.3 Å². The number of ether oxygens (including phenoxy) is 3. The third-order valence-electron chi connectivity index (χ3n) is 2.04. The Hall–Kier alpha value is -1.46. The summed E-state index contributed by atoms with van der Waals surface area (Å²) in [6.07, 6.45) is 0.986. The summed E-state index contributed by atoms with van der Waals surface area (Å²) in [4.78, 5) is 0. The molecule has 4 N–H and O–H groups in total. The second kappa shape index (κ2) is 7.76. The van der Waals surface area contributed by atoms with Crippen LogP contribution in [-0.2, 0) is 9.47 Å². The summed E-state index contributed by atoms with van der Waals surface area (Å²) in [5.74, 6) is 0.586. The Morgan fingerprint density at radius 2 is 1.82 bits per heavy atom. The Bertz CT molecular complexity index is 332. The minimum atomic E-state index is 0.295. The van der Waals surface area contributed by atoms with Crippen LogP contribution in [-0.4, -0.2) is 26.6 Å². The van der Waals surface area contributed by atoms with E-state index in [1.807, 2.05) is 6.92 Å². The number of hydrogen-bond acceptors (Lipinski definition) is 5. The van der Waals surface area contributed by atoms with Gasteiger partial charge in [-0.3, -0.25) is 0 Å². The van der Waals surface area contributed by atoms with Crippen molar-refractivity contribution >= 4 is 11.4 Å². The van der Waals surface area contributed by atoms with Crippen molar-refractivity contribution in [1.82, 2.24) is 0 Å². The molecule has 0 aliphatic carbocycles. The van der Waals surface area contributed by atoms with Crippen molar-refractivity contribution in [2.45, 2.75) is 13.3 Å². The van der Waals surface area contributed by atoms with Gasteiger partial charge >= 0.3 is 0 Å². The molecule has 0 atom stereocenters. The number of anilines is 2. The normalized spacial score (nSPS) is 10.4. The Morgan fingerprint density at radius 3 is 2.59 bits per heavy atom. The minimum Gasteiger partial charge on any atom is -0.489 e. The topological polar surface area (TPSA) is 79.7 Å². The second-order valence-corrected chi connectivity index (χ2v) is 3.58. The Kier molecular flexibility index (Phi) is 6.21. The molecule has 0 amide bonds. The Balaban J connectivity index is 2.15. The molecule has 5 nitrogen and oxygen atoms in total. The van der Waals surface area contributed by atoms with Gasteiger partial charge in [-0.05, 0) is 18.6 Å². The molecule has 1 rings (SSSR count). The van der Waals surface area contributed by atoms with E-state index in [9.17, 15) is 0 Å². The SMILES string of the molecule is CCCOCOCCOc1cc(N)ccc1N. The van der Waals surface area contributed by atoms with Crippen molar-refractivity contribution in [2.75, 3.05) is 38.1 Å². The molecule has 0 spiro atoms. The number of nitrogen functional groups attached to an aromatic ring is 2. The lowest BCUT2D eigenvalue weighted by Crippen LogP contribution is -2.10. The molecule has 0 unspecified atom stereocenters. The van der Waals surface area contributed by atoms with Crippen LogP contribution in [0.3, 0.4) is 0 Å². The number of nitrogens with two attached hydrogens (primary N) is 2. The highest BCUT2D eigenvalue weighted by molar-refractivity contribution is 5.59. The van der Waals surface area contributed by atoms with Crippen LogP contribution in [0.2, 0.25) is 0 Å². The summed E-state index contributed by atoms with van der Waals surface area (Å²) in [6.45, 7) is 3.93. The number of rotatable bonds is 8. The zero-order valence-electron chi connectivity index (χ0n) is 10.1. The highest BCUT2D eigenvalue weighted by Gasteiger charge is 2.00. The first kappa shape index (κ1) is 13.6. The molecule has 96 valence electrons. The van der Waals surface area contributed by atoms with Crippen molar-refractivity contribution in [3.8, 4) is 5.75 Å². The summed E-state index contributed by atoms with van der Waals surface area (Å²) in [6, 6.07) is 5.15. The molecule has 0 aromatic heterocycles. The molecule has 1 aromatic rings. The fraction of sp³-hybridized carbons (Fsp3) is 0.500. The average molecular weight is 240 g/mol. The molecule has 1 aromatic carbocycles. The lowest BCUT2D eigenvalue weighted by atomic mass is 10.2. The van der Waals surface area contributed by atoms with Gasteiger partial charge in [0.1, 0.15) is 19.1 Å². The molecule has 0 saturated carbocycles. The summed E-state index contributed by atoms with van der Waals surface area (Å²) < 4.78 is 15.8. The summed E-state index contributed by atoms with van der Waals surface area (Å²) in [7, 11) is 0. The Morgan fingerprint density at radius 1 is 1.06 bits per heavy atom. The van der Waals surface area contributed by atoms with Crippen molar-refractivity contribution in [3.05, 3.63) is 18.2 Å². The van der Waals surface area contributed by atoms with E-state index in [1.165, 1.54) is 0 Å². The van der Waals surface area contributed by atoms with E-state index in [0.717, 1.165) is 6.42 Å². The fourth-order valence-corrected chi connectivity index (χ4v) is 1.21. The monoisotopic (exact) mass is 240 g/mol. The lowest BCUT2D eigenvalue weighted by Gasteiger charge is -2.10.